The fourth-order valence-electron chi connectivity index (χ4n) is 4.24. The summed E-state index contributed by atoms with van der Waals surface area (Å²) in [5, 5.41) is 3.13. The Labute approximate surface area is 210 Å². The van der Waals surface area contributed by atoms with Crippen LogP contribution in [0.3, 0.4) is 0 Å². The number of rotatable bonds is 8. The van der Waals surface area contributed by atoms with Crippen LogP contribution in [0.2, 0.25) is 0 Å². The lowest BCUT2D eigenvalue weighted by molar-refractivity contribution is -0.138. The molecule has 1 unspecified atom stereocenters. The van der Waals surface area contributed by atoms with Crippen LogP contribution in [0.15, 0.2) is 96.1 Å². The first-order valence-electron chi connectivity index (χ1n) is 11.5. The number of nitrogens with one attached hydrogen (secondary N) is 1. The number of pyridine rings is 1. The number of dihydropyridines is 1. The zero-order valence-corrected chi connectivity index (χ0v) is 20.5. The first-order valence-corrected chi connectivity index (χ1v) is 11.5. The normalized spacial score (nSPS) is 15.7. The van der Waals surface area contributed by atoms with E-state index >= 15 is 0 Å². The Morgan fingerprint density at radius 2 is 1.78 bits per heavy atom. The van der Waals surface area contributed by atoms with E-state index in [2.05, 4.69) is 27.4 Å². The van der Waals surface area contributed by atoms with Crippen molar-refractivity contribution in [1.82, 2.24) is 19.9 Å². The molecular weight excluding hydrogens is 456 g/mol. The second kappa shape index (κ2) is 11.3. The first kappa shape index (κ1) is 24.7. The van der Waals surface area contributed by atoms with Gasteiger partial charge in [-0.3, -0.25) is 4.98 Å². The number of aromatic nitrogens is 3. The van der Waals surface area contributed by atoms with Crippen LogP contribution in [-0.4, -0.2) is 40.2 Å². The number of carbonyl (C=O) groups excluding carboxylic acids is 2. The van der Waals surface area contributed by atoms with Crippen molar-refractivity contribution in [2.24, 2.45) is 0 Å². The minimum atomic E-state index is -0.646. The maximum atomic E-state index is 13.2. The molecule has 0 spiro atoms. The topological polar surface area (TPSA) is 95.3 Å². The highest BCUT2D eigenvalue weighted by atomic mass is 16.5. The van der Waals surface area contributed by atoms with Gasteiger partial charge in [-0.15, -0.1) is 0 Å². The summed E-state index contributed by atoms with van der Waals surface area (Å²) in [4.78, 5) is 34.1. The van der Waals surface area contributed by atoms with E-state index in [1.807, 2.05) is 35.0 Å². The standard InChI is InChI=1S/C28H28N4O4/c1-19-24(27(33)35-3)26(23-7-4-12-29-16-23)25(20(2)31-19)28(34)36-15-5-6-21-8-10-22(11-9-21)17-32-14-13-30-18-32/h4-14,16,18,26,31H,15,17H2,1-3H3/b6-5+. The highest BCUT2D eigenvalue weighted by Gasteiger charge is 2.37. The molecule has 0 radical (unpaired) electrons. The second-order valence-corrected chi connectivity index (χ2v) is 8.39. The average Bonchev–Trinajstić information content (AvgIpc) is 3.40. The van der Waals surface area contributed by atoms with E-state index in [1.165, 1.54) is 7.11 Å². The summed E-state index contributed by atoms with van der Waals surface area (Å²) in [6.07, 6.45) is 12.4. The summed E-state index contributed by atoms with van der Waals surface area (Å²) >= 11 is 0. The molecule has 184 valence electrons. The maximum absolute atomic E-state index is 13.2. The van der Waals surface area contributed by atoms with Gasteiger partial charge in [-0.25, -0.2) is 14.6 Å². The Bertz CT molecular complexity index is 1310. The van der Waals surface area contributed by atoms with Crippen LogP contribution in [0.5, 0.6) is 0 Å². The quantitative estimate of drug-likeness (QED) is 0.483. The summed E-state index contributed by atoms with van der Waals surface area (Å²) in [5.74, 6) is -1.67. The summed E-state index contributed by atoms with van der Waals surface area (Å²) < 4.78 is 12.6. The van der Waals surface area contributed by atoms with Gasteiger partial charge in [0.2, 0.25) is 0 Å². The lowest BCUT2D eigenvalue weighted by atomic mass is 9.81. The van der Waals surface area contributed by atoms with E-state index in [0.717, 1.165) is 17.7 Å². The molecule has 3 aromatic rings. The fourth-order valence-corrected chi connectivity index (χ4v) is 4.24. The highest BCUT2D eigenvalue weighted by molar-refractivity contribution is 5.99. The Morgan fingerprint density at radius 3 is 2.42 bits per heavy atom. The highest BCUT2D eigenvalue weighted by Crippen LogP contribution is 2.38. The van der Waals surface area contributed by atoms with E-state index in [4.69, 9.17) is 9.47 Å². The van der Waals surface area contributed by atoms with Crippen molar-refractivity contribution < 1.29 is 19.1 Å². The van der Waals surface area contributed by atoms with Gasteiger partial charge in [0, 0.05) is 42.7 Å². The molecule has 0 aliphatic carbocycles. The zero-order chi connectivity index (χ0) is 25.5. The molecule has 0 amide bonds. The Balaban J connectivity index is 1.45. The van der Waals surface area contributed by atoms with E-state index in [9.17, 15) is 9.59 Å². The number of carbonyl (C=O) groups is 2. The third-order valence-corrected chi connectivity index (χ3v) is 5.93. The molecule has 3 heterocycles. The van der Waals surface area contributed by atoms with Gasteiger partial charge >= 0.3 is 11.9 Å². The molecule has 1 aromatic carbocycles. The van der Waals surface area contributed by atoms with Crippen LogP contribution >= 0.6 is 0 Å². The molecule has 2 aromatic heterocycles. The monoisotopic (exact) mass is 484 g/mol. The van der Waals surface area contributed by atoms with Gasteiger partial charge in [-0.05, 0) is 42.7 Å². The number of hydrogen-bond acceptors (Lipinski definition) is 7. The minimum absolute atomic E-state index is 0.0857. The van der Waals surface area contributed by atoms with Crippen LogP contribution in [0, 0.1) is 0 Å². The van der Waals surface area contributed by atoms with Crippen LogP contribution in [0.1, 0.15) is 36.5 Å². The zero-order valence-electron chi connectivity index (χ0n) is 20.5. The molecule has 0 saturated heterocycles. The van der Waals surface area contributed by atoms with Crippen molar-refractivity contribution in [3.05, 3.63) is 113 Å². The average molecular weight is 485 g/mol. The minimum Gasteiger partial charge on any atom is -0.466 e. The largest absolute Gasteiger partial charge is 0.466 e. The molecule has 0 fully saturated rings. The summed E-state index contributed by atoms with van der Waals surface area (Å²) in [6.45, 7) is 4.41. The van der Waals surface area contributed by atoms with Gasteiger partial charge in [0.05, 0.1) is 30.5 Å². The Morgan fingerprint density at radius 1 is 1.03 bits per heavy atom. The Hall–Kier alpha value is -4.46. The van der Waals surface area contributed by atoms with Gasteiger partial charge < -0.3 is 19.4 Å². The van der Waals surface area contributed by atoms with Crippen molar-refractivity contribution in [1.29, 1.82) is 0 Å². The smallest absolute Gasteiger partial charge is 0.337 e. The molecule has 36 heavy (non-hydrogen) atoms. The van der Waals surface area contributed by atoms with Gasteiger partial charge in [0.1, 0.15) is 6.61 Å². The third kappa shape index (κ3) is 5.60. The summed E-state index contributed by atoms with van der Waals surface area (Å²) in [6, 6.07) is 11.7. The number of allylic oxidation sites excluding steroid dienone is 2. The van der Waals surface area contributed by atoms with Crippen LogP contribution < -0.4 is 5.32 Å². The number of imidazole rings is 1. The van der Waals surface area contributed by atoms with Crippen molar-refractivity contribution in [3.63, 3.8) is 0 Å². The fraction of sp³-hybridized carbons (Fsp3) is 0.214. The maximum Gasteiger partial charge on any atom is 0.337 e. The van der Waals surface area contributed by atoms with Gasteiger partial charge in [-0.2, -0.15) is 0 Å². The first-order chi connectivity index (χ1) is 17.5. The lowest BCUT2D eigenvalue weighted by Crippen LogP contribution is -2.32. The molecule has 4 rings (SSSR count). The SMILES string of the molecule is COC(=O)C1=C(C)NC(C)=C(C(=O)OC/C=C/c2ccc(Cn3ccnc3)cc2)C1c1cccnc1. The molecule has 8 heteroatoms. The molecule has 1 aliphatic heterocycles. The Kier molecular flexibility index (Phi) is 7.75. The molecule has 1 aliphatic rings. The van der Waals surface area contributed by atoms with Gasteiger partial charge in [-0.1, -0.05) is 36.4 Å². The predicted octanol–water partition coefficient (Wildman–Crippen LogP) is 3.99. The number of methoxy groups -OCH3 is 1. The number of benzene rings is 1. The third-order valence-electron chi connectivity index (χ3n) is 5.93. The van der Waals surface area contributed by atoms with Crippen molar-refractivity contribution in [2.75, 3.05) is 13.7 Å². The van der Waals surface area contributed by atoms with E-state index in [0.29, 0.717) is 28.1 Å². The number of nitrogens with zero attached hydrogens (tertiary/aromatic N) is 3. The van der Waals surface area contributed by atoms with Crippen LogP contribution in [-0.2, 0) is 25.6 Å². The number of hydrogen-bond donors (Lipinski definition) is 1. The van der Waals surface area contributed by atoms with Crippen molar-refractivity contribution in [3.8, 4) is 0 Å². The van der Waals surface area contributed by atoms with E-state index in [1.54, 1.807) is 50.9 Å². The van der Waals surface area contributed by atoms with Crippen molar-refractivity contribution in [2.45, 2.75) is 26.3 Å². The molecule has 8 nitrogen and oxygen atoms in total. The molecule has 0 bridgehead atoms. The predicted molar refractivity (Wildman–Crippen MR) is 135 cm³/mol. The number of ether oxygens (including phenoxy) is 2. The van der Waals surface area contributed by atoms with E-state index < -0.39 is 17.9 Å². The molecular formula is C28H28N4O4. The second-order valence-electron chi connectivity index (χ2n) is 8.39. The molecule has 0 saturated carbocycles. The summed E-state index contributed by atoms with van der Waals surface area (Å²) in [5.41, 5.74) is 4.82. The van der Waals surface area contributed by atoms with Crippen LogP contribution in [0.25, 0.3) is 6.08 Å². The van der Waals surface area contributed by atoms with Crippen molar-refractivity contribution >= 4 is 18.0 Å². The molecule has 1 atom stereocenters. The van der Waals surface area contributed by atoms with Crippen LogP contribution in [0.4, 0.5) is 0 Å². The lowest BCUT2D eigenvalue weighted by Gasteiger charge is -2.30. The van der Waals surface area contributed by atoms with Gasteiger partial charge in [0.15, 0.2) is 0 Å². The summed E-state index contributed by atoms with van der Waals surface area (Å²) in [7, 11) is 1.32. The van der Waals surface area contributed by atoms with E-state index in [-0.39, 0.29) is 6.61 Å². The van der Waals surface area contributed by atoms with Gasteiger partial charge in [0.25, 0.3) is 0 Å². The molecule has 1 N–H and O–H groups in total. The number of esters is 2.